The van der Waals surface area contributed by atoms with Crippen LogP contribution in [0.4, 0.5) is 0 Å². The van der Waals surface area contributed by atoms with Crippen molar-refractivity contribution in [2.75, 3.05) is 13.2 Å². The van der Waals surface area contributed by atoms with Gasteiger partial charge in [0.1, 0.15) is 0 Å². The zero-order valence-corrected chi connectivity index (χ0v) is 14.8. The average Bonchev–Trinajstić information content (AvgIpc) is 2.51. The molecule has 1 aliphatic rings. The monoisotopic (exact) mass is 342 g/mol. The van der Waals surface area contributed by atoms with Crippen LogP contribution >= 0.6 is 0 Å². The van der Waals surface area contributed by atoms with Crippen LogP contribution in [0.25, 0.3) is 0 Å². The largest absolute Gasteiger partial charge is 0.481 e. The molecule has 0 saturated carbocycles. The summed E-state index contributed by atoms with van der Waals surface area (Å²) in [7, 11) is 0. The fourth-order valence-corrected chi connectivity index (χ4v) is 2.25. The first-order chi connectivity index (χ1) is 11.4. The molecule has 138 valence electrons. The van der Waals surface area contributed by atoms with E-state index in [1.807, 2.05) is 0 Å². The minimum Gasteiger partial charge on any atom is -0.481 e. The lowest BCUT2D eigenvalue weighted by Crippen LogP contribution is -2.37. The Hall–Kier alpha value is -1.47. The Morgan fingerprint density at radius 2 is 1.83 bits per heavy atom. The standard InChI is InChI=1S/C17H30N2O5/c1-17(2)12-23-16(24-13-17)10-6-7-11-18-19-14(20)8-4-3-5-9-15(21)22/h11,16H,3-10,12-13H2,1-2H3,(H,19,20)(H,21,22)/b18-11+. The SMILES string of the molecule is CC1(C)COC(CCC/C=N/NC(=O)CCCCCC(=O)O)OC1. The molecule has 7 heteroatoms. The van der Waals surface area contributed by atoms with Crippen molar-refractivity contribution in [2.45, 2.75) is 71.5 Å². The molecule has 0 radical (unpaired) electrons. The summed E-state index contributed by atoms with van der Waals surface area (Å²) in [4.78, 5) is 21.8. The van der Waals surface area contributed by atoms with Crippen molar-refractivity contribution >= 4 is 18.1 Å². The van der Waals surface area contributed by atoms with E-state index in [-0.39, 0.29) is 24.0 Å². The molecular formula is C17H30N2O5. The number of hydrogen-bond donors (Lipinski definition) is 2. The van der Waals surface area contributed by atoms with Gasteiger partial charge in [0, 0.05) is 24.5 Å². The molecule has 2 N–H and O–H groups in total. The van der Waals surface area contributed by atoms with E-state index >= 15 is 0 Å². The highest BCUT2D eigenvalue weighted by Gasteiger charge is 2.27. The van der Waals surface area contributed by atoms with E-state index in [0.717, 1.165) is 25.7 Å². The minimum absolute atomic E-state index is 0.0931. The molecule has 0 atom stereocenters. The predicted octanol–water partition coefficient (Wildman–Crippen LogP) is 2.69. The lowest BCUT2D eigenvalue weighted by atomic mass is 9.95. The summed E-state index contributed by atoms with van der Waals surface area (Å²) in [6.45, 7) is 5.66. The number of carboxylic acid groups (broad SMARTS) is 1. The van der Waals surface area contributed by atoms with E-state index in [9.17, 15) is 9.59 Å². The van der Waals surface area contributed by atoms with Gasteiger partial charge in [-0.1, -0.05) is 20.3 Å². The third-order valence-corrected chi connectivity index (χ3v) is 3.67. The molecule has 0 aliphatic carbocycles. The summed E-state index contributed by atoms with van der Waals surface area (Å²) in [6, 6.07) is 0. The summed E-state index contributed by atoms with van der Waals surface area (Å²) >= 11 is 0. The second-order valence-electron chi connectivity index (χ2n) is 6.95. The number of carboxylic acids is 1. The minimum atomic E-state index is -0.795. The van der Waals surface area contributed by atoms with Crippen molar-refractivity contribution in [2.24, 2.45) is 10.5 Å². The molecular weight excluding hydrogens is 312 g/mol. The molecule has 0 unspecified atom stereocenters. The van der Waals surface area contributed by atoms with E-state index in [1.54, 1.807) is 6.21 Å². The molecule has 1 rings (SSSR count). The van der Waals surface area contributed by atoms with Crippen LogP contribution in [-0.2, 0) is 19.1 Å². The molecule has 0 aromatic heterocycles. The van der Waals surface area contributed by atoms with Gasteiger partial charge in [0.15, 0.2) is 6.29 Å². The number of unbranched alkanes of at least 4 members (excludes halogenated alkanes) is 3. The van der Waals surface area contributed by atoms with Crippen LogP contribution in [-0.4, -0.2) is 42.7 Å². The molecule has 1 amide bonds. The molecule has 1 heterocycles. The number of nitrogens with one attached hydrogen (secondary N) is 1. The van der Waals surface area contributed by atoms with Crippen LogP contribution in [0.1, 0.15) is 65.2 Å². The van der Waals surface area contributed by atoms with Crippen LogP contribution in [0.2, 0.25) is 0 Å². The van der Waals surface area contributed by atoms with Gasteiger partial charge >= 0.3 is 5.97 Å². The Kier molecular flexibility index (Phi) is 9.56. The van der Waals surface area contributed by atoms with Crippen LogP contribution < -0.4 is 5.43 Å². The summed E-state index contributed by atoms with van der Waals surface area (Å²) < 4.78 is 11.3. The van der Waals surface area contributed by atoms with Crippen molar-refractivity contribution < 1.29 is 24.2 Å². The van der Waals surface area contributed by atoms with Gasteiger partial charge in [-0.25, -0.2) is 5.43 Å². The highest BCUT2D eigenvalue weighted by Crippen LogP contribution is 2.24. The van der Waals surface area contributed by atoms with Crippen molar-refractivity contribution in [1.82, 2.24) is 5.43 Å². The summed E-state index contributed by atoms with van der Waals surface area (Å²) in [5.41, 5.74) is 2.58. The first-order valence-corrected chi connectivity index (χ1v) is 8.64. The molecule has 0 spiro atoms. The number of rotatable bonds is 11. The van der Waals surface area contributed by atoms with Gasteiger partial charge in [0.2, 0.25) is 5.91 Å². The van der Waals surface area contributed by atoms with Gasteiger partial charge in [-0.05, 0) is 32.1 Å². The first-order valence-electron chi connectivity index (χ1n) is 8.64. The second kappa shape index (κ2) is 11.1. The molecule has 1 aliphatic heterocycles. The quantitative estimate of drug-likeness (QED) is 0.342. The Morgan fingerprint density at radius 1 is 1.17 bits per heavy atom. The Bertz CT molecular complexity index is 413. The van der Waals surface area contributed by atoms with E-state index in [0.29, 0.717) is 32.5 Å². The van der Waals surface area contributed by atoms with Crippen LogP contribution in [0, 0.1) is 5.41 Å². The maximum Gasteiger partial charge on any atom is 0.303 e. The van der Waals surface area contributed by atoms with E-state index < -0.39 is 5.97 Å². The molecule has 1 saturated heterocycles. The van der Waals surface area contributed by atoms with E-state index in [2.05, 4.69) is 24.4 Å². The fraction of sp³-hybridized carbons (Fsp3) is 0.824. The number of carbonyl (C=O) groups excluding carboxylic acids is 1. The molecule has 0 aromatic rings. The van der Waals surface area contributed by atoms with E-state index in [1.165, 1.54) is 0 Å². The van der Waals surface area contributed by atoms with Gasteiger partial charge < -0.3 is 14.6 Å². The van der Waals surface area contributed by atoms with Gasteiger partial charge in [0.05, 0.1) is 13.2 Å². The molecule has 0 aromatic carbocycles. The first kappa shape index (κ1) is 20.6. The maximum atomic E-state index is 11.5. The molecule has 0 bridgehead atoms. The zero-order chi connectivity index (χ0) is 17.8. The summed E-state index contributed by atoms with van der Waals surface area (Å²) in [5.74, 6) is -0.931. The normalized spacial score (nSPS) is 17.9. The number of carbonyl (C=O) groups is 2. The van der Waals surface area contributed by atoms with Crippen LogP contribution in [0.3, 0.4) is 0 Å². The predicted molar refractivity (Wildman–Crippen MR) is 90.7 cm³/mol. The number of amides is 1. The maximum absolute atomic E-state index is 11.5. The smallest absolute Gasteiger partial charge is 0.303 e. The van der Waals surface area contributed by atoms with Gasteiger partial charge in [0.25, 0.3) is 0 Å². The number of hydrazone groups is 1. The topological polar surface area (TPSA) is 97.2 Å². The van der Waals surface area contributed by atoms with Crippen molar-refractivity contribution in [1.29, 1.82) is 0 Å². The Labute approximate surface area is 143 Å². The van der Waals surface area contributed by atoms with E-state index in [4.69, 9.17) is 14.6 Å². The lowest BCUT2D eigenvalue weighted by Gasteiger charge is -2.34. The van der Waals surface area contributed by atoms with Gasteiger partial charge in [-0.2, -0.15) is 5.10 Å². The third kappa shape index (κ3) is 10.3. The summed E-state index contributed by atoms with van der Waals surface area (Å²) in [6.07, 6.45) is 6.58. The van der Waals surface area contributed by atoms with Gasteiger partial charge in [-0.15, -0.1) is 0 Å². The number of nitrogens with zero attached hydrogens (tertiary/aromatic N) is 1. The molecule has 24 heavy (non-hydrogen) atoms. The number of ether oxygens (including phenoxy) is 2. The van der Waals surface area contributed by atoms with Crippen molar-refractivity contribution in [3.63, 3.8) is 0 Å². The highest BCUT2D eigenvalue weighted by atomic mass is 16.7. The summed E-state index contributed by atoms with van der Waals surface area (Å²) in [5, 5.41) is 12.4. The van der Waals surface area contributed by atoms with Crippen molar-refractivity contribution in [3.05, 3.63) is 0 Å². The Balaban J connectivity index is 1.95. The highest BCUT2D eigenvalue weighted by molar-refractivity contribution is 5.76. The molecule has 7 nitrogen and oxygen atoms in total. The number of hydrogen-bond acceptors (Lipinski definition) is 5. The molecule has 1 fully saturated rings. The van der Waals surface area contributed by atoms with Gasteiger partial charge in [-0.3, -0.25) is 9.59 Å². The van der Waals surface area contributed by atoms with Crippen LogP contribution in [0.5, 0.6) is 0 Å². The average molecular weight is 342 g/mol. The lowest BCUT2D eigenvalue weighted by molar-refractivity contribution is -0.223. The number of aliphatic carboxylic acids is 1. The zero-order valence-electron chi connectivity index (χ0n) is 14.8. The fourth-order valence-electron chi connectivity index (χ4n) is 2.25. The Morgan fingerprint density at radius 3 is 2.50 bits per heavy atom. The van der Waals surface area contributed by atoms with Crippen molar-refractivity contribution in [3.8, 4) is 0 Å². The second-order valence-corrected chi connectivity index (χ2v) is 6.95. The third-order valence-electron chi connectivity index (χ3n) is 3.67. The van der Waals surface area contributed by atoms with Crippen LogP contribution in [0.15, 0.2) is 5.10 Å².